The third-order valence-electron chi connectivity index (χ3n) is 2.63. The summed E-state index contributed by atoms with van der Waals surface area (Å²) in [7, 11) is 0. The van der Waals surface area contributed by atoms with E-state index in [9.17, 15) is 13.6 Å². The Balaban J connectivity index is 2.57. The number of pyridine rings is 1. The van der Waals surface area contributed by atoms with Crippen LogP contribution in [0.4, 0.5) is 14.5 Å². The van der Waals surface area contributed by atoms with E-state index >= 15 is 0 Å². The van der Waals surface area contributed by atoms with Crippen LogP contribution in [0.3, 0.4) is 0 Å². The molecule has 0 saturated carbocycles. The number of aromatic nitrogens is 1. The summed E-state index contributed by atoms with van der Waals surface area (Å²) in [6.45, 7) is 0. The molecule has 4 nitrogen and oxygen atoms in total. The fourth-order valence-corrected chi connectivity index (χ4v) is 1.73. The van der Waals surface area contributed by atoms with Crippen LogP contribution < -0.4 is 5.73 Å². The van der Waals surface area contributed by atoms with Crippen molar-refractivity contribution >= 4 is 11.7 Å². The monoisotopic (exact) mass is 264 g/mol. The van der Waals surface area contributed by atoms with Crippen LogP contribution >= 0.6 is 0 Å². The van der Waals surface area contributed by atoms with E-state index in [0.717, 1.165) is 6.07 Å². The molecule has 1 aromatic heterocycles. The fourth-order valence-electron chi connectivity index (χ4n) is 1.73. The second-order valence-corrected chi connectivity index (χ2v) is 3.90. The van der Waals surface area contributed by atoms with Gasteiger partial charge in [0.2, 0.25) is 0 Å². The number of aliphatic carboxylic acids is 1. The Bertz CT molecular complexity index is 645. The molecule has 0 bridgehead atoms. The summed E-state index contributed by atoms with van der Waals surface area (Å²) in [6, 6.07) is 5.08. The van der Waals surface area contributed by atoms with Gasteiger partial charge in [0.1, 0.15) is 0 Å². The Kier molecular flexibility index (Phi) is 3.41. The maximum Gasteiger partial charge on any atom is 0.307 e. The number of carbonyl (C=O) groups is 1. The van der Waals surface area contributed by atoms with Gasteiger partial charge in [0.05, 0.1) is 17.8 Å². The van der Waals surface area contributed by atoms with Crippen LogP contribution in [0.5, 0.6) is 0 Å². The molecule has 0 aliphatic carbocycles. The van der Waals surface area contributed by atoms with E-state index in [0.29, 0.717) is 5.56 Å². The summed E-state index contributed by atoms with van der Waals surface area (Å²) in [5.41, 5.74) is 6.06. The lowest BCUT2D eigenvalue weighted by molar-refractivity contribution is -0.136. The Morgan fingerprint density at radius 3 is 2.74 bits per heavy atom. The molecule has 0 fully saturated rings. The molecule has 0 saturated heterocycles. The van der Waals surface area contributed by atoms with Crippen molar-refractivity contribution in [3.05, 3.63) is 47.7 Å². The maximum absolute atomic E-state index is 13.7. The first kappa shape index (κ1) is 12.9. The average molecular weight is 264 g/mol. The van der Waals surface area contributed by atoms with Gasteiger partial charge in [-0.25, -0.2) is 8.78 Å². The molecule has 6 heteroatoms. The summed E-state index contributed by atoms with van der Waals surface area (Å²) < 4.78 is 26.8. The summed E-state index contributed by atoms with van der Waals surface area (Å²) in [5, 5.41) is 8.74. The van der Waals surface area contributed by atoms with Gasteiger partial charge in [-0.2, -0.15) is 0 Å². The molecular formula is C13H10F2N2O2. The van der Waals surface area contributed by atoms with Gasteiger partial charge in [0.15, 0.2) is 11.6 Å². The number of carboxylic acid groups (broad SMARTS) is 1. The summed E-state index contributed by atoms with van der Waals surface area (Å²) in [6.07, 6.45) is 1.01. The van der Waals surface area contributed by atoms with Gasteiger partial charge in [0.25, 0.3) is 0 Å². The molecule has 0 atom stereocenters. The minimum atomic E-state index is -1.07. The van der Waals surface area contributed by atoms with Gasteiger partial charge in [-0.15, -0.1) is 0 Å². The van der Waals surface area contributed by atoms with Crippen molar-refractivity contribution in [2.45, 2.75) is 6.42 Å². The van der Waals surface area contributed by atoms with Crippen molar-refractivity contribution in [2.75, 3.05) is 5.73 Å². The number of rotatable bonds is 3. The molecule has 19 heavy (non-hydrogen) atoms. The second kappa shape index (κ2) is 5.01. The number of nitrogen functional groups attached to an aromatic ring is 1. The van der Waals surface area contributed by atoms with Crippen molar-refractivity contribution in [1.29, 1.82) is 0 Å². The molecule has 1 aromatic carbocycles. The van der Waals surface area contributed by atoms with Gasteiger partial charge in [-0.1, -0.05) is 6.07 Å². The van der Waals surface area contributed by atoms with Gasteiger partial charge in [-0.3, -0.25) is 9.78 Å². The van der Waals surface area contributed by atoms with Crippen LogP contribution in [0.1, 0.15) is 5.56 Å². The molecule has 2 aromatic rings. The summed E-state index contributed by atoms with van der Waals surface area (Å²) >= 11 is 0. The molecule has 0 aliphatic rings. The van der Waals surface area contributed by atoms with Crippen molar-refractivity contribution in [1.82, 2.24) is 4.98 Å². The number of anilines is 1. The second-order valence-electron chi connectivity index (χ2n) is 3.90. The van der Waals surface area contributed by atoms with Crippen LogP contribution in [0.25, 0.3) is 11.3 Å². The molecule has 0 radical (unpaired) electrons. The quantitative estimate of drug-likeness (QED) is 0.891. The van der Waals surface area contributed by atoms with Gasteiger partial charge in [-0.05, 0) is 23.8 Å². The molecule has 1 heterocycles. The molecular weight excluding hydrogens is 254 g/mol. The highest BCUT2D eigenvalue weighted by Crippen LogP contribution is 2.29. The number of nitrogens with zero attached hydrogens (tertiary/aromatic N) is 1. The first-order chi connectivity index (χ1) is 9.00. The first-order valence-electron chi connectivity index (χ1n) is 5.40. The normalized spacial score (nSPS) is 10.4. The molecule has 0 spiro atoms. The molecule has 98 valence electrons. The van der Waals surface area contributed by atoms with E-state index in [1.54, 1.807) is 0 Å². The van der Waals surface area contributed by atoms with E-state index < -0.39 is 17.6 Å². The third kappa shape index (κ3) is 2.52. The zero-order chi connectivity index (χ0) is 14.0. The molecule has 2 rings (SSSR count). The highest BCUT2D eigenvalue weighted by Gasteiger charge is 2.16. The van der Waals surface area contributed by atoms with E-state index in [2.05, 4.69) is 4.98 Å². The van der Waals surface area contributed by atoms with E-state index in [1.165, 1.54) is 24.4 Å². The Morgan fingerprint density at radius 1 is 1.32 bits per heavy atom. The summed E-state index contributed by atoms with van der Waals surface area (Å²) in [5.74, 6) is -3.14. The maximum atomic E-state index is 13.7. The number of hydrogen-bond donors (Lipinski definition) is 2. The van der Waals surface area contributed by atoms with Crippen LogP contribution in [-0.4, -0.2) is 16.1 Å². The number of nitrogens with two attached hydrogens (primary N) is 1. The Morgan fingerprint density at radius 2 is 2.05 bits per heavy atom. The average Bonchev–Trinajstić information content (AvgIpc) is 2.35. The van der Waals surface area contributed by atoms with Gasteiger partial charge < -0.3 is 10.8 Å². The lowest BCUT2D eigenvalue weighted by Gasteiger charge is -2.09. The minimum Gasteiger partial charge on any atom is -0.481 e. The minimum absolute atomic E-state index is 0.0365. The highest BCUT2D eigenvalue weighted by atomic mass is 19.2. The largest absolute Gasteiger partial charge is 0.481 e. The van der Waals surface area contributed by atoms with Crippen molar-refractivity contribution in [3.8, 4) is 11.3 Å². The van der Waals surface area contributed by atoms with Crippen LogP contribution in [0, 0.1) is 11.6 Å². The predicted molar refractivity (Wildman–Crippen MR) is 65.3 cm³/mol. The van der Waals surface area contributed by atoms with Crippen molar-refractivity contribution in [2.24, 2.45) is 0 Å². The van der Waals surface area contributed by atoms with Crippen LogP contribution in [-0.2, 0) is 11.2 Å². The molecule has 0 aliphatic heterocycles. The topological polar surface area (TPSA) is 76.2 Å². The predicted octanol–water partition coefficient (Wildman–Crippen LogP) is 2.24. The number of benzene rings is 1. The Hall–Kier alpha value is -2.50. The zero-order valence-corrected chi connectivity index (χ0v) is 9.73. The van der Waals surface area contributed by atoms with Gasteiger partial charge in [0, 0.05) is 11.8 Å². The standard InChI is InChI=1S/C13H10F2N2O2/c14-9-3-1-2-8(11(9)15)13-12(16)7(4-5-17-13)6-10(18)19/h1-5H,6,16H2,(H,18,19). The molecule has 3 N–H and O–H groups in total. The Labute approximate surface area is 107 Å². The number of carboxylic acids is 1. The molecule has 0 unspecified atom stereocenters. The molecule has 0 amide bonds. The van der Waals surface area contributed by atoms with E-state index in [1.807, 2.05) is 0 Å². The fraction of sp³-hybridized carbons (Fsp3) is 0.0769. The van der Waals surface area contributed by atoms with Gasteiger partial charge >= 0.3 is 5.97 Å². The SMILES string of the molecule is Nc1c(CC(=O)O)ccnc1-c1cccc(F)c1F. The zero-order valence-electron chi connectivity index (χ0n) is 9.73. The van der Waals surface area contributed by atoms with Crippen molar-refractivity contribution < 1.29 is 18.7 Å². The smallest absolute Gasteiger partial charge is 0.307 e. The lowest BCUT2D eigenvalue weighted by atomic mass is 10.0. The summed E-state index contributed by atoms with van der Waals surface area (Å²) in [4.78, 5) is 14.6. The van der Waals surface area contributed by atoms with Crippen molar-refractivity contribution in [3.63, 3.8) is 0 Å². The van der Waals surface area contributed by atoms with Crippen LogP contribution in [0.15, 0.2) is 30.5 Å². The lowest BCUT2D eigenvalue weighted by Crippen LogP contribution is -2.06. The highest BCUT2D eigenvalue weighted by molar-refractivity contribution is 5.79. The van der Waals surface area contributed by atoms with E-state index in [4.69, 9.17) is 10.8 Å². The number of hydrogen-bond acceptors (Lipinski definition) is 3. The van der Waals surface area contributed by atoms with E-state index in [-0.39, 0.29) is 23.4 Å². The third-order valence-corrected chi connectivity index (χ3v) is 2.63. The van der Waals surface area contributed by atoms with Crippen LogP contribution in [0.2, 0.25) is 0 Å². The number of halogens is 2. The first-order valence-corrected chi connectivity index (χ1v) is 5.40.